The third-order valence-electron chi connectivity index (χ3n) is 3.07. The van der Waals surface area contributed by atoms with Crippen molar-refractivity contribution >= 4 is 17.3 Å². The fraction of sp³-hybridized carbons (Fsp3) is 0.188. The Kier molecular flexibility index (Phi) is 4.09. The summed E-state index contributed by atoms with van der Waals surface area (Å²) < 4.78 is 0. The van der Waals surface area contributed by atoms with Crippen LogP contribution in [0.4, 0.5) is 5.69 Å². The molecule has 0 fully saturated rings. The highest BCUT2D eigenvalue weighted by Gasteiger charge is 2.10. The van der Waals surface area contributed by atoms with Gasteiger partial charge in [-0.1, -0.05) is 47.5 Å². The van der Waals surface area contributed by atoms with Gasteiger partial charge < -0.3 is 5.32 Å². The first-order valence-electron chi connectivity index (χ1n) is 6.13. The average Bonchev–Trinajstić information content (AvgIpc) is 2.39. The molecule has 2 aromatic carbocycles. The average molecular weight is 271 g/mol. The van der Waals surface area contributed by atoms with Gasteiger partial charge in [0.2, 0.25) is 0 Å². The van der Waals surface area contributed by atoms with Crippen LogP contribution in [0.1, 0.15) is 29.7 Å². The number of benzene rings is 2. The molecule has 0 bridgehead atoms. The molecule has 0 radical (unpaired) electrons. The smallest absolute Gasteiger partial charge is 0.103 e. The number of anilines is 1. The van der Waals surface area contributed by atoms with Gasteiger partial charge in [0, 0.05) is 6.04 Å². The number of nitrogens with zero attached hydrogens (tertiary/aromatic N) is 1. The summed E-state index contributed by atoms with van der Waals surface area (Å²) in [5.74, 6) is 0. The molecular weight excluding hydrogens is 256 g/mol. The van der Waals surface area contributed by atoms with Crippen molar-refractivity contribution in [1.82, 2.24) is 0 Å². The van der Waals surface area contributed by atoms with E-state index in [0.717, 1.165) is 5.69 Å². The molecule has 2 nitrogen and oxygen atoms in total. The summed E-state index contributed by atoms with van der Waals surface area (Å²) in [6.07, 6.45) is 0. The Morgan fingerprint density at radius 2 is 1.84 bits per heavy atom. The zero-order valence-corrected chi connectivity index (χ0v) is 11.7. The van der Waals surface area contributed by atoms with Crippen LogP contribution in [0.3, 0.4) is 0 Å². The highest BCUT2D eigenvalue weighted by Crippen LogP contribution is 2.27. The van der Waals surface area contributed by atoms with E-state index >= 15 is 0 Å². The Morgan fingerprint density at radius 3 is 2.47 bits per heavy atom. The first kappa shape index (κ1) is 13.5. The maximum absolute atomic E-state index is 9.14. The van der Waals surface area contributed by atoms with Crippen LogP contribution in [0.25, 0.3) is 0 Å². The Balaban J connectivity index is 2.24. The van der Waals surface area contributed by atoms with E-state index in [4.69, 9.17) is 16.9 Å². The van der Waals surface area contributed by atoms with Crippen molar-refractivity contribution in [3.63, 3.8) is 0 Å². The van der Waals surface area contributed by atoms with Gasteiger partial charge in [0.05, 0.1) is 16.3 Å². The number of rotatable bonds is 3. The number of hydrogen-bond donors (Lipinski definition) is 1. The van der Waals surface area contributed by atoms with Crippen molar-refractivity contribution in [3.05, 3.63) is 64.2 Å². The lowest BCUT2D eigenvalue weighted by atomic mass is 10.1. The van der Waals surface area contributed by atoms with Crippen LogP contribution < -0.4 is 5.32 Å². The zero-order valence-electron chi connectivity index (χ0n) is 10.9. The quantitative estimate of drug-likeness (QED) is 0.878. The molecule has 0 spiro atoms. The molecule has 1 atom stereocenters. The number of hydrogen-bond acceptors (Lipinski definition) is 2. The van der Waals surface area contributed by atoms with E-state index in [-0.39, 0.29) is 6.04 Å². The predicted octanol–water partition coefficient (Wildman–Crippen LogP) is 4.69. The van der Waals surface area contributed by atoms with Crippen molar-refractivity contribution in [3.8, 4) is 6.07 Å². The van der Waals surface area contributed by atoms with Crippen LogP contribution in [-0.2, 0) is 0 Å². The molecule has 19 heavy (non-hydrogen) atoms. The van der Waals surface area contributed by atoms with Crippen LogP contribution in [0.15, 0.2) is 42.5 Å². The van der Waals surface area contributed by atoms with Crippen LogP contribution >= 0.6 is 11.6 Å². The summed E-state index contributed by atoms with van der Waals surface area (Å²) in [5, 5.41) is 13.0. The highest BCUT2D eigenvalue weighted by molar-refractivity contribution is 6.32. The van der Waals surface area contributed by atoms with E-state index in [1.54, 1.807) is 6.07 Å². The summed E-state index contributed by atoms with van der Waals surface area (Å²) in [4.78, 5) is 0. The molecule has 0 aliphatic carbocycles. The van der Waals surface area contributed by atoms with Gasteiger partial charge in [0.25, 0.3) is 0 Å². The Morgan fingerprint density at radius 1 is 1.16 bits per heavy atom. The molecule has 3 heteroatoms. The molecule has 96 valence electrons. The van der Waals surface area contributed by atoms with Gasteiger partial charge in [-0.05, 0) is 31.5 Å². The number of halogens is 1. The topological polar surface area (TPSA) is 35.8 Å². The van der Waals surface area contributed by atoms with E-state index in [2.05, 4.69) is 49.5 Å². The van der Waals surface area contributed by atoms with E-state index in [1.807, 2.05) is 12.1 Å². The lowest BCUT2D eigenvalue weighted by Gasteiger charge is -2.17. The van der Waals surface area contributed by atoms with Gasteiger partial charge >= 0.3 is 0 Å². The molecule has 1 N–H and O–H groups in total. The first-order valence-corrected chi connectivity index (χ1v) is 6.51. The lowest BCUT2D eigenvalue weighted by molar-refractivity contribution is 0.883. The molecule has 0 saturated carbocycles. The normalized spacial score (nSPS) is 11.7. The van der Waals surface area contributed by atoms with Crippen molar-refractivity contribution in [1.29, 1.82) is 5.26 Å². The second-order valence-corrected chi connectivity index (χ2v) is 4.96. The minimum absolute atomic E-state index is 0.117. The number of aryl methyl sites for hydroxylation is 1. The van der Waals surface area contributed by atoms with Gasteiger partial charge in [-0.15, -0.1) is 0 Å². The molecule has 0 aliphatic rings. The molecule has 2 rings (SSSR count). The zero-order chi connectivity index (χ0) is 13.8. The minimum atomic E-state index is 0.117. The highest BCUT2D eigenvalue weighted by atomic mass is 35.5. The SMILES string of the molecule is Cc1ccc(C(C)Nc2cccc(Cl)c2C#N)cc1. The monoisotopic (exact) mass is 270 g/mol. The molecule has 2 aromatic rings. The predicted molar refractivity (Wildman–Crippen MR) is 79.4 cm³/mol. The maximum Gasteiger partial charge on any atom is 0.103 e. The van der Waals surface area contributed by atoms with E-state index in [1.165, 1.54) is 11.1 Å². The van der Waals surface area contributed by atoms with Crippen molar-refractivity contribution < 1.29 is 0 Å². The Hall–Kier alpha value is -1.98. The van der Waals surface area contributed by atoms with Gasteiger partial charge in [-0.2, -0.15) is 5.26 Å². The van der Waals surface area contributed by atoms with Crippen molar-refractivity contribution in [2.24, 2.45) is 0 Å². The van der Waals surface area contributed by atoms with Gasteiger partial charge in [0.15, 0.2) is 0 Å². The van der Waals surface area contributed by atoms with E-state index < -0.39 is 0 Å². The third kappa shape index (κ3) is 3.07. The molecule has 0 aliphatic heterocycles. The number of nitrogens with one attached hydrogen (secondary N) is 1. The first-order chi connectivity index (χ1) is 9.11. The fourth-order valence-electron chi connectivity index (χ4n) is 1.93. The molecule has 0 aromatic heterocycles. The largest absolute Gasteiger partial charge is 0.377 e. The van der Waals surface area contributed by atoms with Crippen LogP contribution in [0.2, 0.25) is 5.02 Å². The van der Waals surface area contributed by atoms with Gasteiger partial charge in [-0.25, -0.2) is 0 Å². The van der Waals surface area contributed by atoms with Crippen molar-refractivity contribution in [2.75, 3.05) is 5.32 Å². The van der Waals surface area contributed by atoms with E-state index in [9.17, 15) is 0 Å². The van der Waals surface area contributed by atoms with Crippen LogP contribution in [-0.4, -0.2) is 0 Å². The standard InChI is InChI=1S/C16H15ClN2/c1-11-6-8-13(9-7-11)12(2)19-16-5-3-4-15(17)14(16)10-18/h3-9,12,19H,1-2H3. The number of nitriles is 1. The fourth-order valence-corrected chi connectivity index (χ4v) is 2.15. The molecule has 1 unspecified atom stereocenters. The second-order valence-electron chi connectivity index (χ2n) is 4.55. The summed E-state index contributed by atoms with van der Waals surface area (Å²) >= 11 is 6.02. The Labute approximate surface area is 118 Å². The summed E-state index contributed by atoms with van der Waals surface area (Å²) in [6, 6.07) is 16.0. The minimum Gasteiger partial charge on any atom is -0.377 e. The van der Waals surface area contributed by atoms with Gasteiger partial charge in [0.1, 0.15) is 6.07 Å². The van der Waals surface area contributed by atoms with Gasteiger partial charge in [-0.3, -0.25) is 0 Å². The molecular formula is C16H15ClN2. The van der Waals surface area contributed by atoms with Crippen LogP contribution in [0.5, 0.6) is 0 Å². The Bertz CT molecular complexity index is 612. The maximum atomic E-state index is 9.14. The van der Waals surface area contributed by atoms with E-state index in [0.29, 0.717) is 10.6 Å². The molecule has 0 amide bonds. The summed E-state index contributed by atoms with van der Waals surface area (Å²) in [6.45, 7) is 4.12. The third-order valence-corrected chi connectivity index (χ3v) is 3.39. The summed E-state index contributed by atoms with van der Waals surface area (Å²) in [7, 11) is 0. The summed E-state index contributed by atoms with van der Waals surface area (Å²) in [5.41, 5.74) is 3.66. The van der Waals surface area contributed by atoms with Crippen molar-refractivity contribution in [2.45, 2.75) is 19.9 Å². The molecule has 0 heterocycles. The lowest BCUT2D eigenvalue weighted by Crippen LogP contribution is -2.07. The van der Waals surface area contributed by atoms with Crippen LogP contribution in [0, 0.1) is 18.3 Å². The molecule has 0 saturated heterocycles. The second kappa shape index (κ2) is 5.77.